The first kappa shape index (κ1) is 22.3. The van der Waals surface area contributed by atoms with Gasteiger partial charge in [-0.2, -0.15) is 0 Å². The molecule has 0 bridgehead atoms. The molecule has 0 aliphatic rings. The molecule has 122 valence electrons. The van der Waals surface area contributed by atoms with E-state index in [0.29, 0.717) is 0 Å². The molecule has 0 fully saturated rings. The Balaban J connectivity index is 0. The molecule has 0 aromatic carbocycles. The Morgan fingerprint density at radius 2 is 1.10 bits per heavy atom. The Labute approximate surface area is 134 Å². The van der Waals surface area contributed by atoms with Gasteiger partial charge >= 0.3 is 0 Å². The fourth-order valence-electron chi connectivity index (χ4n) is 2.47. The summed E-state index contributed by atoms with van der Waals surface area (Å²) in [5.74, 6) is 0. The fraction of sp³-hybridized carbons (Fsp3) is 0.889. The van der Waals surface area contributed by atoms with E-state index < -0.39 is 0 Å². The predicted octanol–water partition coefficient (Wildman–Crippen LogP) is 6.28. The van der Waals surface area contributed by atoms with Gasteiger partial charge in [-0.05, 0) is 13.0 Å². The van der Waals surface area contributed by atoms with Crippen molar-refractivity contribution in [2.75, 3.05) is 13.1 Å². The lowest BCUT2D eigenvalue weighted by atomic mass is 10.0. The molecule has 0 heterocycles. The summed E-state index contributed by atoms with van der Waals surface area (Å²) in [5.41, 5.74) is 0. The second kappa shape index (κ2) is 21.3. The minimum absolute atomic E-state index is 0. The molecule has 0 unspecified atom stereocenters. The minimum Gasteiger partial charge on any atom is -0.313 e. The quantitative estimate of drug-likeness (QED) is 0.261. The maximum absolute atomic E-state index is 3.70. The van der Waals surface area contributed by atoms with Crippen molar-refractivity contribution in [2.24, 2.45) is 0 Å². The molecule has 20 heavy (non-hydrogen) atoms. The summed E-state index contributed by atoms with van der Waals surface area (Å²) < 4.78 is 0. The largest absolute Gasteiger partial charge is 0.313 e. The van der Waals surface area contributed by atoms with Crippen molar-refractivity contribution in [3.8, 4) is 0 Å². The topological polar surface area (TPSA) is 12.0 Å². The van der Waals surface area contributed by atoms with Crippen LogP contribution in [0.1, 0.15) is 90.4 Å². The normalized spacial score (nSPS) is 10.2. The van der Waals surface area contributed by atoms with Crippen LogP contribution in [0.25, 0.3) is 0 Å². The molecule has 0 saturated carbocycles. The molecule has 0 rings (SSSR count). The smallest absolute Gasteiger partial charge is 0.0132 e. The van der Waals surface area contributed by atoms with E-state index in [9.17, 15) is 0 Å². The van der Waals surface area contributed by atoms with E-state index in [1.165, 1.54) is 83.5 Å². The van der Waals surface area contributed by atoms with Crippen molar-refractivity contribution in [3.63, 3.8) is 0 Å². The zero-order chi connectivity index (χ0) is 14.0. The molecule has 2 heteroatoms. The number of unbranched alkanes of at least 4 members (excludes halogenated alkanes) is 12. The minimum atomic E-state index is 0. The average molecular weight is 304 g/mol. The third kappa shape index (κ3) is 20.3. The van der Waals surface area contributed by atoms with Crippen molar-refractivity contribution in [1.82, 2.24) is 5.32 Å². The molecule has 0 aromatic rings. The van der Waals surface area contributed by atoms with Crippen LogP contribution in [0.2, 0.25) is 0 Å². The van der Waals surface area contributed by atoms with Crippen LogP contribution in [0, 0.1) is 0 Å². The predicted molar refractivity (Wildman–Crippen MR) is 96.0 cm³/mol. The Kier molecular flexibility index (Phi) is 23.7. The van der Waals surface area contributed by atoms with E-state index in [2.05, 4.69) is 18.8 Å². The third-order valence-corrected chi connectivity index (χ3v) is 3.75. The van der Waals surface area contributed by atoms with Crippen LogP contribution in [0.4, 0.5) is 0 Å². The first-order valence-electron chi connectivity index (χ1n) is 8.73. The first-order chi connectivity index (χ1) is 9.41. The molecule has 0 aromatic heterocycles. The van der Waals surface area contributed by atoms with E-state index in [1.807, 2.05) is 6.08 Å². The van der Waals surface area contributed by atoms with E-state index in [-0.39, 0.29) is 12.4 Å². The highest BCUT2D eigenvalue weighted by atomic mass is 35.5. The Bertz CT molecular complexity index is 171. The maximum atomic E-state index is 3.70. The van der Waals surface area contributed by atoms with Crippen LogP contribution < -0.4 is 5.32 Å². The summed E-state index contributed by atoms with van der Waals surface area (Å²) in [4.78, 5) is 0. The van der Waals surface area contributed by atoms with Crippen molar-refractivity contribution >= 4 is 12.4 Å². The highest BCUT2D eigenvalue weighted by Gasteiger charge is 1.93. The van der Waals surface area contributed by atoms with Gasteiger partial charge in [0, 0.05) is 6.54 Å². The molecular formula is C18H38ClN. The highest BCUT2D eigenvalue weighted by Crippen LogP contribution is 2.12. The Hall–Kier alpha value is -0.0100. The molecule has 0 amide bonds. The van der Waals surface area contributed by atoms with Gasteiger partial charge in [0.25, 0.3) is 0 Å². The van der Waals surface area contributed by atoms with Crippen LogP contribution in [-0.2, 0) is 0 Å². The molecule has 0 spiro atoms. The van der Waals surface area contributed by atoms with Crippen LogP contribution >= 0.6 is 12.4 Å². The zero-order valence-electron chi connectivity index (χ0n) is 13.8. The number of hydrogen-bond donors (Lipinski definition) is 1. The van der Waals surface area contributed by atoms with Crippen LogP contribution in [-0.4, -0.2) is 13.1 Å². The van der Waals surface area contributed by atoms with Gasteiger partial charge in [-0.15, -0.1) is 19.0 Å². The average Bonchev–Trinajstić information content (AvgIpc) is 2.43. The number of hydrogen-bond acceptors (Lipinski definition) is 1. The summed E-state index contributed by atoms with van der Waals surface area (Å²) in [6.45, 7) is 8.10. The molecule has 0 atom stereocenters. The van der Waals surface area contributed by atoms with Gasteiger partial charge < -0.3 is 5.32 Å². The summed E-state index contributed by atoms with van der Waals surface area (Å²) >= 11 is 0. The maximum Gasteiger partial charge on any atom is 0.0132 e. The first-order valence-corrected chi connectivity index (χ1v) is 8.73. The summed E-state index contributed by atoms with van der Waals surface area (Å²) in [6, 6.07) is 0. The van der Waals surface area contributed by atoms with Gasteiger partial charge in [-0.3, -0.25) is 0 Å². The number of halogens is 1. The molecule has 1 nitrogen and oxygen atoms in total. The van der Waals surface area contributed by atoms with Gasteiger partial charge in [0.2, 0.25) is 0 Å². The molecule has 1 N–H and O–H groups in total. The van der Waals surface area contributed by atoms with Crippen LogP contribution in [0.3, 0.4) is 0 Å². The molecular weight excluding hydrogens is 266 g/mol. The lowest BCUT2D eigenvalue weighted by Crippen LogP contribution is -2.14. The molecule has 0 aliphatic heterocycles. The van der Waals surface area contributed by atoms with Crippen molar-refractivity contribution < 1.29 is 0 Å². The van der Waals surface area contributed by atoms with Gasteiger partial charge in [-0.25, -0.2) is 0 Å². The Morgan fingerprint density at radius 1 is 0.700 bits per heavy atom. The van der Waals surface area contributed by atoms with Gasteiger partial charge in [0.15, 0.2) is 0 Å². The van der Waals surface area contributed by atoms with Gasteiger partial charge in [-0.1, -0.05) is 90.0 Å². The van der Waals surface area contributed by atoms with Crippen LogP contribution in [0.5, 0.6) is 0 Å². The lowest BCUT2D eigenvalue weighted by molar-refractivity contribution is 0.535. The van der Waals surface area contributed by atoms with E-state index in [4.69, 9.17) is 0 Å². The summed E-state index contributed by atoms with van der Waals surface area (Å²) in [5, 5.41) is 3.36. The summed E-state index contributed by atoms with van der Waals surface area (Å²) in [7, 11) is 0. The van der Waals surface area contributed by atoms with Crippen molar-refractivity contribution in [2.45, 2.75) is 90.4 Å². The monoisotopic (exact) mass is 303 g/mol. The number of nitrogens with one attached hydrogen (secondary N) is 1. The standard InChI is InChI=1S/C18H37N.ClH/c1-3-5-6-7-8-9-10-11-12-13-14-15-16-18-19-17-4-2;/h4,19H,2-3,5-18H2,1H3;1H. The zero-order valence-corrected chi connectivity index (χ0v) is 14.6. The van der Waals surface area contributed by atoms with E-state index >= 15 is 0 Å². The van der Waals surface area contributed by atoms with E-state index in [1.54, 1.807) is 0 Å². The molecule has 0 radical (unpaired) electrons. The summed E-state index contributed by atoms with van der Waals surface area (Å²) in [6.07, 6.45) is 20.5. The van der Waals surface area contributed by atoms with Gasteiger partial charge in [0.1, 0.15) is 0 Å². The van der Waals surface area contributed by atoms with Gasteiger partial charge in [0.05, 0.1) is 0 Å². The lowest BCUT2D eigenvalue weighted by Gasteiger charge is -2.03. The molecule has 0 saturated heterocycles. The van der Waals surface area contributed by atoms with Crippen molar-refractivity contribution in [1.29, 1.82) is 0 Å². The van der Waals surface area contributed by atoms with Crippen LogP contribution in [0.15, 0.2) is 12.7 Å². The highest BCUT2D eigenvalue weighted by molar-refractivity contribution is 5.85. The van der Waals surface area contributed by atoms with Crippen molar-refractivity contribution in [3.05, 3.63) is 12.7 Å². The third-order valence-electron chi connectivity index (χ3n) is 3.75. The number of rotatable bonds is 16. The second-order valence-corrected chi connectivity index (χ2v) is 5.74. The SMILES string of the molecule is C=CCNCCCCCCCCCCCCCCC.Cl. The second-order valence-electron chi connectivity index (χ2n) is 5.74. The fourth-order valence-corrected chi connectivity index (χ4v) is 2.47. The Morgan fingerprint density at radius 3 is 1.50 bits per heavy atom. The van der Waals surface area contributed by atoms with E-state index in [0.717, 1.165) is 13.1 Å². The molecule has 0 aliphatic carbocycles.